The molecule has 13 heteroatoms. The molecule has 0 aromatic heterocycles. The van der Waals surface area contributed by atoms with E-state index in [9.17, 15) is 18.0 Å². The molecule has 0 bridgehead atoms. The first-order valence-electron chi connectivity index (χ1n) is 9.13. The van der Waals surface area contributed by atoms with Crippen molar-refractivity contribution >= 4 is 34.8 Å². The lowest BCUT2D eigenvalue weighted by Gasteiger charge is -2.16. The molecule has 29 heavy (non-hydrogen) atoms. The zero-order chi connectivity index (χ0) is 22.2. The molecule has 0 saturated heterocycles. The van der Waals surface area contributed by atoms with Crippen LogP contribution in [0.5, 0.6) is 0 Å². The molecule has 0 saturated carbocycles. The second-order valence-electron chi connectivity index (χ2n) is 6.52. The summed E-state index contributed by atoms with van der Waals surface area (Å²) in [5, 5.41) is 2.70. The Kier molecular flexibility index (Phi) is 15.1. The van der Waals surface area contributed by atoms with Crippen molar-refractivity contribution in [2.75, 3.05) is 59.8 Å². The molecule has 0 unspecified atom stereocenters. The number of amides is 2. The van der Waals surface area contributed by atoms with Gasteiger partial charge in [0.1, 0.15) is 6.61 Å². The SMILES string of the molecule is COCCOCCNS(=O)(=O)NC(=O)OCCOCCNC(=O)CCC(C)(C)S. The normalized spacial score (nSPS) is 11.9. The van der Waals surface area contributed by atoms with Gasteiger partial charge >= 0.3 is 16.3 Å². The number of rotatable bonds is 17. The average molecular weight is 460 g/mol. The van der Waals surface area contributed by atoms with Gasteiger partial charge in [-0.2, -0.15) is 25.8 Å². The van der Waals surface area contributed by atoms with Crippen molar-refractivity contribution in [3.05, 3.63) is 0 Å². The van der Waals surface area contributed by atoms with Gasteiger partial charge in [0.05, 0.1) is 33.0 Å². The number of hydrogen-bond donors (Lipinski definition) is 4. The number of carbonyl (C=O) groups excluding carboxylic acids is 2. The first-order valence-corrected chi connectivity index (χ1v) is 11.1. The van der Waals surface area contributed by atoms with Crippen LogP contribution in [-0.4, -0.2) is 85.0 Å². The average Bonchev–Trinajstić information content (AvgIpc) is 2.61. The van der Waals surface area contributed by atoms with E-state index in [1.54, 1.807) is 4.72 Å². The summed E-state index contributed by atoms with van der Waals surface area (Å²) in [4.78, 5) is 23.0. The summed E-state index contributed by atoms with van der Waals surface area (Å²) in [5.74, 6) is -0.0897. The van der Waals surface area contributed by atoms with E-state index in [1.165, 1.54) is 7.11 Å². The Morgan fingerprint density at radius 3 is 2.21 bits per heavy atom. The molecule has 0 aromatic carbocycles. The van der Waals surface area contributed by atoms with Gasteiger partial charge < -0.3 is 24.3 Å². The second-order valence-corrected chi connectivity index (χ2v) is 9.23. The Hall–Kier alpha value is -1.12. The topological polar surface area (TPSA) is 141 Å². The van der Waals surface area contributed by atoms with Crippen molar-refractivity contribution in [2.24, 2.45) is 0 Å². The summed E-state index contributed by atoms with van der Waals surface area (Å²) in [7, 11) is -2.50. The summed E-state index contributed by atoms with van der Waals surface area (Å²) in [6.07, 6.45) is -0.0876. The Morgan fingerprint density at radius 1 is 0.966 bits per heavy atom. The van der Waals surface area contributed by atoms with Crippen molar-refractivity contribution < 1.29 is 37.0 Å². The maximum absolute atomic E-state index is 11.6. The number of hydrogen-bond acceptors (Lipinski definition) is 9. The molecular formula is C16H33N3O8S2. The van der Waals surface area contributed by atoms with Crippen LogP contribution in [-0.2, 0) is 34.0 Å². The Morgan fingerprint density at radius 2 is 1.59 bits per heavy atom. The van der Waals surface area contributed by atoms with E-state index in [4.69, 9.17) is 18.9 Å². The maximum Gasteiger partial charge on any atom is 0.421 e. The van der Waals surface area contributed by atoms with Gasteiger partial charge in [-0.05, 0) is 6.42 Å². The third kappa shape index (κ3) is 19.9. The molecule has 2 amide bonds. The molecule has 0 aromatic rings. The Balaban J connectivity index is 3.67. The van der Waals surface area contributed by atoms with E-state index in [1.807, 2.05) is 13.8 Å². The molecule has 0 radical (unpaired) electrons. The zero-order valence-electron chi connectivity index (χ0n) is 17.2. The molecule has 0 heterocycles. The summed E-state index contributed by atoms with van der Waals surface area (Å²) in [6, 6.07) is 0. The van der Waals surface area contributed by atoms with Crippen LogP contribution in [0.25, 0.3) is 0 Å². The molecule has 172 valence electrons. The first kappa shape index (κ1) is 27.9. The number of carbonyl (C=O) groups is 2. The van der Waals surface area contributed by atoms with Gasteiger partial charge in [0.15, 0.2) is 0 Å². The van der Waals surface area contributed by atoms with Crippen molar-refractivity contribution in [3.63, 3.8) is 0 Å². The Labute approximate surface area is 178 Å². The third-order valence-corrected chi connectivity index (χ3v) is 4.42. The second kappa shape index (κ2) is 15.7. The molecule has 0 spiro atoms. The van der Waals surface area contributed by atoms with Crippen LogP contribution in [0.1, 0.15) is 26.7 Å². The van der Waals surface area contributed by atoms with Crippen molar-refractivity contribution in [1.29, 1.82) is 0 Å². The van der Waals surface area contributed by atoms with Gasteiger partial charge in [0.2, 0.25) is 5.91 Å². The van der Waals surface area contributed by atoms with Crippen LogP contribution in [0.15, 0.2) is 0 Å². The fourth-order valence-electron chi connectivity index (χ4n) is 1.73. The van der Waals surface area contributed by atoms with Gasteiger partial charge in [0, 0.05) is 31.4 Å². The number of nitrogens with one attached hydrogen (secondary N) is 3. The van der Waals surface area contributed by atoms with E-state index in [0.717, 1.165) is 0 Å². The van der Waals surface area contributed by atoms with Gasteiger partial charge in [-0.25, -0.2) is 9.52 Å². The summed E-state index contributed by atoms with van der Waals surface area (Å²) >= 11 is 4.35. The van der Waals surface area contributed by atoms with E-state index < -0.39 is 16.3 Å². The highest BCUT2D eigenvalue weighted by Crippen LogP contribution is 2.18. The lowest BCUT2D eigenvalue weighted by atomic mass is 10.1. The molecule has 0 aliphatic rings. The van der Waals surface area contributed by atoms with Crippen LogP contribution in [0.2, 0.25) is 0 Å². The van der Waals surface area contributed by atoms with Gasteiger partial charge in [-0.3, -0.25) is 4.79 Å². The van der Waals surface area contributed by atoms with E-state index in [0.29, 0.717) is 32.6 Å². The quantitative estimate of drug-likeness (QED) is 0.174. The molecule has 11 nitrogen and oxygen atoms in total. The first-order chi connectivity index (χ1) is 13.6. The van der Waals surface area contributed by atoms with Gasteiger partial charge in [0.25, 0.3) is 0 Å². The van der Waals surface area contributed by atoms with Crippen molar-refractivity contribution in [3.8, 4) is 0 Å². The van der Waals surface area contributed by atoms with Gasteiger partial charge in [-0.15, -0.1) is 0 Å². The highest BCUT2D eigenvalue weighted by Gasteiger charge is 2.15. The minimum absolute atomic E-state index is 0.00729. The van der Waals surface area contributed by atoms with Crippen LogP contribution < -0.4 is 14.8 Å². The summed E-state index contributed by atoms with van der Waals surface area (Å²) in [5.41, 5.74) is 0. The minimum atomic E-state index is -4.03. The van der Waals surface area contributed by atoms with E-state index in [2.05, 4.69) is 22.7 Å². The number of ether oxygens (including phenoxy) is 4. The van der Waals surface area contributed by atoms with Crippen molar-refractivity contribution in [2.45, 2.75) is 31.4 Å². The molecule has 0 aliphatic heterocycles. The Bertz CT molecular complexity index is 567. The largest absolute Gasteiger partial charge is 0.446 e. The molecular weight excluding hydrogens is 426 g/mol. The highest BCUT2D eigenvalue weighted by molar-refractivity contribution is 7.88. The fraction of sp³-hybridized carbons (Fsp3) is 0.875. The van der Waals surface area contributed by atoms with Crippen LogP contribution in [0.4, 0.5) is 4.79 Å². The number of thiol groups is 1. The van der Waals surface area contributed by atoms with E-state index in [-0.39, 0.29) is 43.6 Å². The minimum Gasteiger partial charge on any atom is -0.446 e. The molecule has 3 N–H and O–H groups in total. The predicted octanol–water partition coefficient (Wildman–Crippen LogP) is -0.169. The number of methoxy groups -OCH3 is 1. The van der Waals surface area contributed by atoms with Crippen LogP contribution in [0.3, 0.4) is 0 Å². The lowest BCUT2D eigenvalue weighted by Crippen LogP contribution is -2.42. The molecule has 0 fully saturated rings. The van der Waals surface area contributed by atoms with Crippen molar-refractivity contribution in [1.82, 2.24) is 14.8 Å². The molecule has 0 rings (SSSR count). The van der Waals surface area contributed by atoms with Crippen LogP contribution in [0, 0.1) is 0 Å². The third-order valence-electron chi connectivity index (χ3n) is 3.18. The fourth-order valence-corrected chi connectivity index (χ4v) is 2.55. The zero-order valence-corrected chi connectivity index (χ0v) is 18.9. The smallest absolute Gasteiger partial charge is 0.421 e. The predicted molar refractivity (Wildman–Crippen MR) is 110 cm³/mol. The lowest BCUT2D eigenvalue weighted by molar-refractivity contribution is -0.121. The molecule has 0 aliphatic carbocycles. The molecule has 0 atom stereocenters. The standard InChI is InChI=1S/C16H33N3O8S2/c1-16(2,28)5-4-14(20)17-6-8-25-12-13-27-15(21)19-29(22,23)18-7-9-26-11-10-24-3/h18,28H,4-13H2,1-3H3,(H,17,20)(H,19,21). The summed E-state index contributed by atoms with van der Waals surface area (Å²) in [6.45, 7) is 5.23. The van der Waals surface area contributed by atoms with Gasteiger partial charge in [-0.1, -0.05) is 13.8 Å². The monoisotopic (exact) mass is 459 g/mol. The van der Waals surface area contributed by atoms with E-state index >= 15 is 0 Å². The van der Waals surface area contributed by atoms with Crippen LogP contribution >= 0.6 is 12.6 Å². The highest BCUT2D eigenvalue weighted by atomic mass is 32.2. The summed E-state index contributed by atoms with van der Waals surface area (Å²) < 4.78 is 46.6. The maximum atomic E-state index is 11.6.